The van der Waals surface area contributed by atoms with Crippen LogP contribution in [0.5, 0.6) is 0 Å². The molecule has 1 aliphatic rings. The normalized spacial score (nSPS) is 15.3. The van der Waals surface area contributed by atoms with Crippen LogP contribution in [-0.2, 0) is 4.79 Å². The Bertz CT molecular complexity index is 583. The van der Waals surface area contributed by atoms with Crippen LogP contribution in [0.1, 0.15) is 25.8 Å². The van der Waals surface area contributed by atoms with Crippen molar-refractivity contribution in [2.24, 2.45) is 4.99 Å². The van der Waals surface area contributed by atoms with Gasteiger partial charge in [-0.25, -0.2) is 4.99 Å². The summed E-state index contributed by atoms with van der Waals surface area (Å²) in [6.45, 7) is 8.17. The van der Waals surface area contributed by atoms with Crippen LogP contribution in [0.4, 0.5) is 5.69 Å². The summed E-state index contributed by atoms with van der Waals surface area (Å²) < 4.78 is 0. The monoisotopic (exact) mass is 303 g/mol. The predicted molar refractivity (Wildman–Crippen MR) is 90.7 cm³/mol. The lowest BCUT2D eigenvalue weighted by Gasteiger charge is -2.28. The summed E-state index contributed by atoms with van der Waals surface area (Å²) in [6.07, 6.45) is 0.932. The SMILES string of the molecule is C=C1c2ccccc2N=C(SCC(=O)N[C@@H](C)CC)N1C. The Morgan fingerprint density at radius 1 is 1.48 bits per heavy atom. The zero-order chi connectivity index (χ0) is 15.4. The molecular formula is C16H21N3OS. The lowest BCUT2D eigenvalue weighted by molar-refractivity contribution is -0.119. The topological polar surface area (TPSA) is 44.7 Å². The second-order valence-corrected chi connectivity index (χ2v) is 6.03. The third-order valence-corrected chi connectivity index (χ3v) is 4.50. The number of amides is 1. The molecule has 0 radical (unpaired) electrons. The quantitative estimate of drug-likeness (QED) is 0.928. The van der Waals surface area contributed by atoms with E-state index in [0.29, 0.717) is 5.75 Å². The number of carbonyl (C=O) groups excluding carboxylic acids is 1. The minimum atomic E-state index is 0.0370. The van der Waals surface area contributed by atoms with E-state index in [1.54, 1.807) is 0 Å². The smallest absolute Gasteiger partial charge is 0.230 e. The highest BCUT2D eigenvalue weighted by molar-refractivity contribution is 8.14. The number of thioether (sulfide) groups is 1. The van der Waals surface area contributed by atoms with Gasteiger partial charge in [-0.15, -0.1) is 0 Å². The molecule has 1 aliphatic heterocycles. The number of nitrogens with one attached hydrogen (secondary N) is 1. The van der Waals surface area contributed by atoms with Crippen LogP contribution in [0.2, 0.25) is 0 Å². The Kier molecular flexibility index (Phi) is 5.07. The highest BCUT2D eigenvalue weighted by atomic mass is 32.2. The molecule has 0 aliphatic carbocycles. The molecule has 4 nitrogen and oxygen atoms in total. The predicted octanol–water partition coefficient (Wildman–Crippen LogP) is 3.24. The highest BCUT2D eigenvalue weighted by Gasteiger charge is 2.21. The summed E-state index contributed by atoms with van der Waals surface area (Å²) in [5.41, 5.74) is 2.85. The summed E-state index contributed by atoms with van der Waals surface area (Å²) in [5, 5.41) is 3.76. The molecule has 2 rings (SSSR count). The van der Waals surface area contributed by atoms with E-state index in [1.165, 1.54) is 11.8 Å². The molecule has 0 aromatic heterocycles. The first kappa shape index (κ1) is 15.6. The van der Waals surface area contributed by atoms with Crippen molar-refractivity contribution in [3.05, 3.63) is 36.4 Å². The number of aliphatic imine (C=N–C) groups is 1. The van der Waals surface area contributed by atoms with Gasteiger partial charge in [-0.3, -0.25) is 4.79 Å². The third-order valence-electron chi connectivity index (χ3n) is 3.47. The van der Waals surface area contributed by atoms with E-state index in [9.17, 15) is 4.79 Å². The Balaban J connectivity index is 2.05. The second-order valence-electron chi connectivity index (χ2n) is 5.08. The first-order chi connectivity index (χ1) is 10.0. The van der Waals surface area contributed by atoms with E-state index in [1.807, 2.05) is 43.1 Å². The zero-order valence-corrected chi connectivity index (χ0v) is 13.5. The molecule has 0 spiro atoms. The molecule has 1 N–H and O–H groups in total. The summed E-state index contributed by atoms with van der Waals surface area (Å²) in [6, 6.07) is 8.12. The molecule has 112 valence electrons. The maximum absolute atomic E-state index is 11.9. The van der Waals surface area contributed by atoms with Crippen molar-refractivity contribution in [1.82, 2.24) is 10.2 Å². The van der Waals surface area contributed by atoms with Crippen LogP contribution in [-0.4, -0.2) is 34.8 Å². The zero-order valence-electron chi connectivity index (χ0n) is 12.7. The van der Waals surface area contributed by atoms with E-state index in [2.05, 4.69) is 23.8 Å². The van der Waals surface area contributed by atoms with Crippen molar-refractivity contribution < 1.29 is 4.79 Å². The Hall–Kier alpha value is -1.75. The standard InChI is InChI=1S/C16H21N3OS/c1-5-11(2)17-15(20)10-21-16-18-14-9-7-6-8-13(14)12(3)19(16)4/h6-9,11H,3,5,10H2,1-2,4H3,(H,17,20)/t11-/m0/s1. The van der Waals surface area contributed by atoms with Gasteiger partial charge in [0.15, 0.2) is 5.17 Å². The van der Waals surface area contributed by atoms with Gasteiger partial charge in [0.05, 0.1) is 11.4 Å². The molecular weight excluding hydrogens is 282 g/mol. The van der Waals surface area contributed by atoms with Crippen molar-refractivity contribution in [3.8, 4) is 0 Å². The minimum Gasteiger partial charge on any atom is -0.353 e. The first-order valence-electron chi connectivity index (χ1n) is 7.05. The van der Waals surface area contributed by atoms with Crippen LogP contribution in [0.15, 0.2) is 35.8 Å². The van der Waals surface area contributed by atoms with Crippen molar-refractivity contribution >= 4 is 34.2 Å². The number of hydrogen-bond donors (Lipinski definition) is 1. The number of fused-ring (bicyclic) bond motifs is 1. The highest BCUT2D eigenvalue weighted by Crippen LogP contribution is 2.34. The van der Waals surface area contributed by atoms with Gasteiger partial charge in [-0.05, 0) is 19.4 Å². The number of amidine groups is 1. The van der Waals surface area contributed by atoms with Crippen LogP contribution in [0.3, 0.4) is 0 Å². The molecule has 1 heterocycles. The molecule has 0 fully saturated rings. The van der Waals surface area contributed by atoms with Gasteiger partial charge >= 0.3 is 0 Å². The second kappa shape index (κ2) is 6.80. The maximum Gasteiger partial charge on any atom is 0.230 e. The van der Waals surface area contributed by atoms with E-state index in [-0.39, 0.29) is 11.9 Å². The van der Waals surface area contributed by atoms with Crippen LogP contribution < -0.4 is 5.32 Å². The molecule has 0 bridgehead atoms. The number of carbonyl (C=O) groups is 1. The average molecular weight is 303 g/mol. The summed E-state index contributed by atoms with van der Waals surface area (Å²) in [5.74, 6) is 0.401. The minimum absolute atomic E-state index is 0.0370. The number of benzene rings is 1. The van der Waals surface area contributed by atoms with E-state index < -0.39 is 0 Å². The summed E-state index contributed by atoms with van der Waals surface area (Å²) in [7, 11) is 1.93. The van der Waals surface area contributed by atoms with Gasteiger partial charge in [0, 0.05) is 24.4 Å². The van der Waals surface area contributed by atoms with Crippen LogP contribution >= 0.6 is 11.8 Å². The van der Waals surface area contributed by atoms with Crippen molar-refractivity contribution in [2.45, 2.75) is 26.3 Å². The van der Waals surface area contributed by atoms with E-state index in [4.69, 9.17) is 0 Å². The van der Waals surface area contributed by atoms with E-state index in [0.717, 1.165) is 28.5 Å². The maximum atomic E-state index is 11.9. The molecule has 0 unspecified atom stereocenters. The molecule has 1 aromatic rings. The van der Waals surface area contributed by atoms with Gasteiger partial charge in [-0.2, -0.15) is 0 Å². The number of rotatable bonds is 4. The fraction of sp³-hybridized carbons (Fsp3) is 0.375. The average Bonchev–Trinajstić information content (AvgIpc) is 2.49. The number of para-hydroxylation sites is 1. The van der Waals surface area contributed by atoms with Crippen molar-refractivity contribution in [1.29, 1.82) is 0 Å². The first-order valence-corrected chi connectivity index (χ1v) is 8.04. The largest absolute Gasteiger partial charge is 0.353 e. The fourth-order valence-electron chi connectivity index (χ4n) is 1.97. The summed E-state index contributed by atoms with van der Waals surface area (Å²) >= 11 is 1.44. The summed E-state index contributed by atoms with van der Waals surface area (Å²) in [4.78, 5) is 18.4. The number of nitrogens with zero attached hydrogens (tertiary/aromatic N) is 2. The number of hydrogen-bond acceptors (Lipinski definition) is 4. The lowest BCUT2D eigenvalue weighted by atomic mass is 10.1. The molecule has 1 atom stereocenters. The molecule has 0 saturated heterocycles. The Labute approximate surface area is 130 Å². The van der Waals surface area contributed by atoms with Crippen molar-refractivity contribution in [2.75, 3.05) is 12.8 Å². The molecule has 0 saturated carbocycles. The molecule has 1 aromatic carbocycles. The molecule has 1 amide bonds. The van der Waals surface area contributed by atoms with Crippen LogP contribution in [0.25, 0.3) is 5.70 Å². The van der Waals surface area contributed by atoms with Gasteiger partial charge in [0.1, 0.15) is 0 Å². The molecule has 5 heteroatoms. The Morgan fingerprint density at radius 2 is 2.19 bits per heavy atom. The van der Waals surface area contributed by atoms with Gasteiger partial charge in [-0.1, -0.05) is 43.5 Å². The van der Waals surface area contributed by atoms with Gasteiger partial charge in [0.25, 0.3) is 0 Å². The Morgan fingerprint density at radius 3 is 2.90 bits per heavy atom. The van der Waals surface area contributed by atoms with Crippen molar-refractivity contribution in [3.63, 3.8) is 0 Å². The third kappa shape index (κ3) is 3.67. The van der Waals surface area contributed by atoms with Gasteiger partial charge in [0.2, 0.25) is 5.91 Å². The fourth-order valence-corrected chi connectivity index (χ4v) is 2.78. The van der Waals surface area contributed by atoms with E-state index >= 15 is 0 Å². The van der Waals surface area contributed by atoms with Crippen LogP contribution in [0, 0.1) is 0 Å². The molecule has 21 heavy (non-hydrogen) atoms. The lowest BCUT2D eigenvalue weighted by Crippen LogP contribution is -2.34. The van der Waals surface area contributed by atoms with Gasteiger partial charge < -0.3 is 10.2 Å².